The highest BCUT2D eigenvalue weighted by Crippen LogP contribution is 2.22. The van der Waals surface area contributed by atoms with Crippen LogP contribution in [0.5, 0.6) is 5.75 Å². The lowest BCUT2D eigenvalue weighted by molar-refractivity contribution is -0.120. The Morgan fingerprint density at radius 2 is 1.84 bits per heavy atom. The molecule has 0 radical (unpaired) electrons. The highest BCUT2D eigenvalue weighted by atomic mass is 16.5. The summed E-state index contributed by atoms with van der Waals surface area (Å²) in [6.45, 7) is 8.08. The van der Waals surface area contributed by atoms with Crippen LogP contribution in [0.3, 0.4) is 0 Å². The van der Waals surface area contributed by atoms with Crippen molar-refractivity contribution in [1.82, 2.24) is 0 Å². The Hall–Kier alpha value is -1.55. The zero-order valence-corrected chi connectivity index (χ0v) is 12.1. The van der Waals surface area contributed by atoms with E-state index in [0.717, 1.165) is 11.4 Å². The Labute approximate surface area is 115 Å². The van der Waals surface area contributed by atoms with E-state index in [1.54, 1.807) is 11.8 Å². The third-order valence-corrected chi connectivity index (χ3v) is 2.68. The maximum Gasteiger partial charge on any atom is 0.229 e. The van der Waals surface area contributed by atoms with E-state index in [2.05, 4.69) is 0 Å². The number of benzene rings is 1. The molecule has 1 amide bonds. The zero-order chi connectivity index (χ0) is 14.4. The zero-order valence-electron chi connectivity index (χ0n) is 12.1. The first kappa shape index (κ1) is 15.5. The summed E-state index contributed by atoms with van der Waals surface area (Å²) in [5, 5.41) is 9.35. The Kier molecular flexibility index (Phi) is 5.83. The molecular formula is C15H23NO3. The highest BCUT2D eigenvalue weighted by Gasteiger charge is 2.20. The molecule has 106 valence electrons. The minimum absolute atomic E-state index is 0.0455. The van der Waals surface area contributed by atoms with Crippen molar-refractivity contribution in [2.24, 2.45) is 0 Å². The first-order chi connectivity index (χ1) is 8.95. The van der Waals surface area contributed by atoms with Crippen LogP contribution in [-0.2, 0) is 4.79 Å². The van der Waals surface area contributed by atoms with Gasteiger partial charge in [0.25, 0.3) is 0 Å². The van der Waals surface area contributed by atoms with Gasteiger partial charge in [-0.05, 0) is 52.0 Å². The van der Waals surface area contributed by atoms with Crippen LogP contribution in [-0.4, -0.2) is 29.8 Å². The van der Waals surface area contributed by atoms with Crippen molar-refractivity contribution in [2.45, 2.75) is 46.3 Å². The summed E-state index contributed by atoms with van der Waals surface area (Å²) in [5.74, 6) is 0.715. The van der Waals surface area contributed by atoms with E-state index in [0.29, 0.717) is 6.61 Å². The van der Waals surface area contributed by atoms with E-state index >= 15 is 0 Å². The molecule has 1 aromatic carbocycles. The van der Waals surface area contributed by atoms with Crippen LogP contribution < -0.4 is 9.64 Å². The highest BCUT2D eigenvalue weighted by molar-refractivity contribution is 5.94. The topological polar surface area (TPSA) is 49.8 Å². The van der Waals surface area contributed by atoms with E-state index in [1.165, 1.54) is 0 Å². The number of rotatable bonds is 6. The second kappa shape index (κ2) is 7.14. The molecule has 0 aliphatic rings. The maximum absolute atomic E-state index is 12.1. The molecule has 1 aromatic rings. The number of aliphatic hydroxyl groups excluding tert-OH is 1. The van der Waals surface area contributed by atoms with Gasteiger partial charge in [0.15, 0.2) is 0 Å². The number of hydrogen-bond acceptors (Lipinski definition) is 3. The summed E-state index contributed by atoms with van der Waals surface area (Å²) >= 11 is 0. The molecule has 4 nitrogen and oxygen atoms in total. The van der Waals surface area contributed by atoms with Gasteiger partial charge in [0.2, 0.25) is 5.91 Å². The summed E-state index contributed by atoms with van der Waals surface area (Å²) in [5.41, 5.74) is 0.823. The van der Waals surface area contributed by atoms with Crippen molar-refractivity contribution >= 4 is 11.6 Å². The smallest absolute Gasteiger partial charge is 0.229 e. The van der Waals surface area contributed by atoms with E-state index in [9.17, 15) is 9.90 Å². The summed E-state index contributed by atoms with van der Waals surface area (Å²) < 4.78 is 5.38. The normalized spacial score (nSPS) is 12.3. The van der Waals surface area contributed by atoms with Crippen LogP contribution in [0.15, 0.2) is 24.3 Å². The van der Waals surface area contributed by atoms with Gasteiger partial charge in [-0.2, -0.15) is 0 Å². The quantitative estimate of drug-likeness (QED) is 0.860. The number of aliphatic hydroxyl groups is 1. The number of anilines is 1. The van der Waals surface area contributed by atoms with E-state index in [-0.39, 0.29) is 18.4 Å². The van der Waals surface area contributed by atoms with Crippen molar-refractivity contribution in [2.75, 3.05) is 11.5 Å². The summed E-state index contributed by atoms with van der Waals surface area (Å²) in [6.07, 6.45) is -0.498. The van der Waals surface area contributed by atoms with Gasteiger partial charge in [0.05, 0.1) is 19.1 Å². The second-order valence-electron chi connectivity index (χ2n) is 4.84. The van der Waals surface area contributed by atoms with Gasteiger partial charge < -0.3 is 14.7 Å². The molecule has 0 aliphatic carbocycles. The molecule has 1 unspecified atom stereocenters. The van der Waals surface area contributed by atoms with Gasteiger partial charge in [-0.15, -0.1) is 0 Å². The minimum atomic E-state index is -0.628. The van der Waals surface area contributed by atoms with Crippen LogP contribution in [0.2, 0.25) is 0 Å². The van der Waals surface area contributed by atoms with E-state index in [4.69, 9.17) is 4.74 Å². The first-order valence-electron chi connectivity index (χ1n) is 6.68. The molecule has 19 heavy (non-hydrogen) atoms. The molecule has 0 aromatic heterocycles. The fourth-order valence-electron chi connectivity index (χ4n) is 1.95. The van der Waals surface area contributed by atoms with Gasteiger partial charge in [-0.25, -0.2) is 0 Å². The lowest BCUT2D eigenvalue weighted by Crippen LogP contribution is -2.38. The van der Waals surface area contributed by atoms with Gasteiger partial charge >= 0.3 is 0 Å². The Morgan fingerprint density at radius 3 is 2.26 bits per heavy atom. The number of hydrogen-bond donors (Lipinski definition) is 1. The molecule has 0 fully saturated rings. The van der Waals surface area contributed by atoms with Crippen molar-refractivity contribution in [1.29, 1.82) is 0 Å². The lowest BCUT2D eigenvalue weighted by Gasteiger charge is -2.27. The molecule has 1 rings (SSSR count). The largest absolute Gasteiger partial charge is 0.494 e. The number of nitrogens with zero attached hydrogens (tertiary/aromatic N) is 1. The average molecular weight is 265 g/mol. The van der Waals surface area contributed by atoms with Crippen molar-refractivity contribution in [3.8, 4) is 5.75 Å². The third kappa shape index (κ3) is 4.56. The van der Waals surface area contributed by atoms with Gasteiger partial charge in [0.1, 0.15) is 5.75 Å². The van der Waals surface area contributed by atoms with Crippen LogP contribution in [0.25, 0.3) is 0 Å². The summed E-state index contributed by atoms with van der Waals surface area (Å²) in [4.78, 5) is 13.8. The lowest BCUT2D eigenvalue weighted by atomic mass is 10.2. The van der Waals surface area contributed by atoms with E-state index < -0.39 is 6.10 Å². The third-order valence-electron chi connectivity index (χ3n) is 2.68. The second-order valence-corrected chi connectivity index (χ2v) is 4.84. The van der Waals surface area contributed by atoms with Crippen molar-refractivity contribution < 1.29 is 14.6 Å². The molecule has 0 spiro atoms. The summed E-state index contributed by atoms with van der Waals surface area (Å²) in [6, 6.07) is 7.48. The van der Waals surface area contributed by atoms with Gasteiger partial charge in [-0.3, -0.25) is 4.79 Å². The molecule has 0 bridgehead atoms. The maximum atomic E-state index is 12.1. The van der Waals surface area contributed by atoms with Crippen LogP contribution in [0.1, 0.15) is 34.1 Å². The molecule has 0 heterocycles. The number of carbonyl (C=O) groups is 1. The molecule has 0 saturated carbocycles. The first-order valence-corrected chi connectivity index (χ1v) is 6.68. The fraction of sp³-hybridized carbons (Fsp3) is 0.533. The predicted octanol–water partition coefficient (Wildman–Crippen LogP) is 2.60. The van der Waals surface area contributed by atoms with Crippen molar-refractivity contribution in [3.05, 3.63) is 24.3 Å². The SMILES string of the molecule is CCOc1ccc(N(C(=O)CC(C)O)C(C)C)cc1. The molecule has 0 saturated heterocycles. The molecule has 1 N–H and O–H groups in total. The number of carbonyl (C=O) groups excluding carboxylic acids is 1. The number of amides is 1. The fourth-order valence-corrected chi connectivity index (χ4v) is 1.95. The standard InChI is InChI=1S/C15H23NO3/c1-5-19-14-8-6-13(7-9-14)16(11(2)3)15(18)10-12(4)17/h6-9,11-12,17H,5,10H2,1-4H3. The Morgan fingerprint density at radius 1 is 1.26 bits per heavy atom. The predicted molar refractivity (Wildman–Crippen MR) is 76.5 cm³/mol. The average Bonchev–Trinajstić information content (AvgIpc) is 2.30. The van der Waals surface area contributed by atoms with Crippen LogP contribution in [0, 0.1) is 0 Å². The van der Waals surface area contributed by atoms with Crippen LogP contribution >= 0.6 is 0 Å². The number of ether oxygens (including phenoxy) is 1. The van der Waals surface area contributed by atoms with Crippen LogP contribution in [0.4, 0.5) is 5.69 Å². The Balaban J connectivity index is 2.89. The Bertz CT molecular complexity index is 398. The molecule has 0 aliphatic heterocycles. The van der Waals surface area contributed by atoms with Gasteiger partial charge in [0, 0.05) is 11.7 Å². The molecule has 1 atom stereocenters. The monoisotopic (exact) mass is 265 g/mol. The molecule has 4 heteroatoms. The minimum Gasteiger partial charge on any atom is -0.494 e. The van der Waals surface area contributed by atoms with Gasteiger partial charge in [-0.1, -0.05) is 0 Å². The van der Waals surface area contributed by atoms with E-state index in [1.807, 2.05) is 45.0 Å². The van der Waals surface area contributed by atoms with Crippen molar-refractivity contribution in [3.63, 3.8) is 0 Å². The summed E-state index contributed by atoms with van der Waals surface area (Å²) in [7, 11) is 0. The molecular weight excluding hydrogens is 242 g/mol.